The summed E-state index contributed by atoms with van der Waals surface area (Å²) >= 11 is 0. The van der Waals surface area contributed by atoms with Crippen molar-refractivity contribution in [2.45, 2.75) is 64.7 Å². The van der Waals surface area contributed by atoms with Crippen molar-refractivity contribution in [1.29, 1.82) is 10.5 Å². The molecule has 5 heteroatoms. The van der Waals surface area contributed by atoms with Gasteiger partial charge < -0.3 is 4.90 Å². The van der Waals surface area contributed by atoms with Crippen molar-refractivity contribution in [3.63, 3.8) is 0 Å². The van der Waals surface area contributed by atoms with E-state index in [0.29, 0.717) is 6.42 Å². The third-order valence-electron chi connectivity index (χ3n) is 7.24. The average molecular weight is 421 g/mol. The molecule has 1 aromatic carbocycles. The molecule has 0 amide bonds. The van der Waals surface area contributed by atoms with Crippen LogP contribution in [0.15, 0.2) is 18.2 Å². The van der Waals surface area contributed by atoms with Crippen molar-refractivity contribution in [2.75, 3.05) is 37.6 Å². The number of carbonyl (C=O) groups excluding carboxylic acids is 1. The molecule has 0 spiro atoms. The molecule has 5 nitrogen and oxygen atoms in total. The first-order valence-corrected chi connectivity index (χ1v) is 12.0. The van der Waals surface area contributed by atoms with Gasteiger partial charge in [-0.2, -0.15) is 10.5 Å². The molecule has 31 heavy (non-hydrogen) atoms. The van der Waals surface area contributed by atoms with Gasteiger partial charge in [0.1, 0.15) is 11.9 Å². The quantitative estimate of drug-likeness (QED) is 0.572. The highest BCUT2D eigenvalue weighted by Gasteiger charge is 2.24. The van der Waals surface area contributed by atoms with Crippen LogP contribution >= 0.6 is 0 Å². The van der Waals surface area contributed by atoms with Crippen molar-refractivity contribution >= 4 is 11.5 Å². The summed E-state index contributed by atoms with van der Waals surface area (Å²) in [7, 11) is 0. The molecular weight excluding hydrogens is 384 g/mol. The minimum absolute atomic E-state index is 0.0749. The second-order valence-corrected chi connectivity index (χ2v) is 9.35. The molecule has 1 saturated heterocycles. The Morgan fingerprint density at radius 3 is 2.35 bits per heavy atom. The number of rotatable bonds is 9. The van der Waals surface area contributed by atoms with Gasteiger partial charge in [-0.1, -0.05) is 44.2 Å². The lowest BCUT2D eigenvalue weighted by molar-refractivity contribution is -0.118. The van der Waals surface area contributed by atoms with Gasteiger partial charge in [0.05, 0.1) is 23.7 Å². The summed E-state index contributed by atoms with van der Waals surface area (Å²) in [6.07, 6.45) is 9.30. The SMILES string of the molecule is Cc1cccc(N2CCN(CCC3CCC(CCCC(=O)CC#N)CC3)CC2)c1C#N. The first-order valence-electron chi connectivity index (χ1n) is 12.0. The molecule has 1 aliphatic carbocycles. The lowest BCUT2D eigenvalue weighted by atomic mass is 9.78. The number of nitriles is 2. The van der Waals surface area contributed by atoms with Gasteiger partial charge >= 0.3 is 0 Å². The Kier molecular flexibility index (Phi) is 8.92. The smallest absolute Gasteiger partial charge is 0.146 e. The van der Waals surface area contributed by atoms with E-state index in [0.717, 1.165) is 67.7 Å². The van der Waals surface area contributed by atoms with Gasteiger partial charge in [-0.3, -0.25) is 9.69 Å². The minimum atomic E-state index is 0.0749. The summed E-state index contributed by atoms with van der Waals surface area (Å²) < 4.78 is 0. The molecule has 3 rings (SSSR count). The molecular formula is C26H36N4O. The number of hydrogen-bond acceptors (Lipinski definition) is 5. The van der Waals surface area contributed by atoms with Crippen LogP contribution in [0.1, 0.15) is 68.9 Å². The molecule has 1 heterocycles. The molecule has 1 aromatic rings. The lowest BCUT2D eigenvalue weighted by Gasteiger charge is -2.37. The number of aryl methyl sites for hydroxylation is 1. The van der Waals surface area contributed by atoms with E-state index in [2.05, 4.69) is 28.0 Å². The average Bonchev–Trinajstić information content (AvgIpc) is 2.79. The Morgan fingerprint density at radius 1 is 1.03 bits per heavy atom. The molecule has 2 aliphatic rings. The molecule has 166 valence electrons. The number of piperazine rings is 1. The molecule has 0 N–H and O–H groups in total. The van der Waals surface area contributed by atoms with Crippen LogP contribution in [0.25, 0.3) is 0 Å². The van der Waals surface area contributed by atoms with Crippen molar-refractivity contribution in [1.82, 2.24) is 4.90 Å². The fourth-order valence-corrected chi connectivity index (χ4v) is 5.21. The van der Waals surface area contributed by atoms with Gasteiger partial charge in [-0.15, -0.1) is 0 Å². The van der Waals surface area contributed by atoms with Crippen LogP contribution in [-0.2, 0) is 4.79 Å². The van der Waals surface area contributed by atoms with Gasteiger partial charge in [-0.25, -0.2) is 0 Å². The van der Waals surface area contributed by atoms with Crippen LogP contribution in [0.3, 0.4) is 0 Å². The predicted octanol–water partition coefficient (Wildman–Crippen LogP) is 4.84. The van der Waals surface area contributed by atoms with Gasteiger partial charge in [-0.05, 0) is 49.8 Å². The van der Waals surface area contributed by atoms with E-state index in [1.54, 1.807) is 0 Å². The van der Waals surface area contributed by atoms with Gasteiger partial charge in [0, 0.05) is 32.6 Å². The maximum atomic E-state index is 11.5. The molecule has 1 saturated carbocycles. The van der Waals surface area contributed by atoms with Crippen molar-refractivity contribution in [2.24, 2.45) is 11.8 Å². The van der Waals surface area contributed by atoms with Crippen molar-refractivity contribution < 1.29 is 4.79 Å². The van der Waals surface area contributed by atoms with E-state index in [-0.39, 0.29) is 12.2 Å². The van der Waals surface area contributed by atoms with E-state index >= 15 is 0 Å². The Labute approximate surface area is 187 Å². The van der Waals surface area contributed by atoms with Crippen LogP contribution in [0.4, 0.5) is 5.69 Å². The zero-order chi connectivity index (χ0) is 22.1. The number of hydrogen-bond donors (Lipinski definition) is 0. The fraction of sp³-hybridized carbons (Fsp3) is 0.654. The Balaban J connectivity index is 1.32. The van der Waals surface area contributed by atoms with Crippen molar-refractivity contribution in [3.05, 3.63) is 29.3 Å². The molecule has 0 unspecified atom stereocenters. The summed E-state index contributed by atoms with van der Waals surface area (Å²) in [5, 5.41) is 18.1. The van der Waals surface area contributed by atoms with Gasteiger partial charge in [0.2, 0.25) is 0 Å². The van der Waals surface area contributed by atoms with Crippen LogP contribution in [0.2, 0.25) is 0 Å². The summed E-state index contributed by atoms with van der Waals surface area (Å²) in [5.74, 6) is 1.72. The zero-order valence-electron chi connectivity index (χ0n) is 19.0. The van der Waals surface area contributed by atoms with E-state index in [1.807, 2.05) is 19.1 Å². The molecule has 0 bridgehead atoms. The Morgan fingerprint density at radius 2 is 1.71 bits per heavy atom. The van der Waals surface area contributed by atoms with Gasteiger partial charge in [0.25, 0.3) is 0 Å². The van der Waals surface area contributed by atoms with E-state index < -0.39 is 0 Å². The third kappa shape index (κ3) is 6.81. The number of ketones is 1. The summed E-state index contributed by atoms with van der Waals surface area (Å²) in [6.45, 7) is 7.34. The van der Waals surface area contributed by atoms with Crippen LogP contribution in [-0.4, -0.2) is 43.4 Å². The number of benzene rings is 1. The van der Waals surface area contributed by atoms with Crippen molar-refractivity contribution in [3.8, 4) is 12.1 Å². The molecule has 0 atom stereocenters. The Bertz CT molecular complexity index is 806. The normalized spacial score (nSPS) is 22.0. The third-order valence-corrected chi connectivity index (χ3v) is 7.24. The summed E-state index contributed by atoms with van der Waals surface area (Å²) in [4.78, 5) is 16.4. The maximum Gasteiger partial charge on any atom is 0.146 e. The predicted molar refractivity (Wildman–Crippen MR) is 124 cm³/mol. The molecule has 0 radical (unpaired) electrons. The number of carbonyl (C=O) groups is 1. The number of nitrogens with zero attached hydrogens (tertiary/aromatic N) is 4. The summed E-state index contributed by atoms with van der Waals surface area (Å²) in [6, 6.07) is 10.5. The van der Waals surface area contributed by atoms with E-state index in [4.69, 9.17) is 5.26 Å². The standard InChI is InChI=1S/C26H36N4O/c1-21-4-2-7-26(25(21)20-28)30-18-16-29(17-19-30)15-13-23-10-8-22(9-11-23)5-3-6-24(31)12-14-27/h2,4,7,22-23H,3,5-6,8-13,15-19H2,1H3. The molecule has 1 aliphatic heterocycles. The first kappa shape index (κ1) is 23.3. The van der Waals surface area contributed by atoms with Crippen LogP contribution in [0.5, 0.6) is 0 Å². The molecule has 0 aromatic heterocycles. The minimum Gasteiger partial charge on any atom is -0.368 e. The largest absolute Gasteiger partial charge is 0.368 e. The van der Waals surface area contributed by atoms with Gasteiger partial charge in [0.15, 0.2) is 0 Å². The van der Waals surface area contributed by atoms with E-state index in [9.17, 15) is 10.1 Å². The van der Waals surface area contributed by atoms with E-state index in [1.165, 1.54) is 38.6 Å². The fourth-order valence-electron chi connectivity index (χ4n) is 5.21. The topological polar surface area (TPSA) is 71.1 Å². The first-order chi connectivity index (χ1) is 15.1. The number of anilines is 1. The lowest BCUT2D eigenvalue weighted by Crippen LogP contribution is -2.47. The highest BCUT2D eigenvalue weighted by molar-refractivity contribution is 5.80. The highest BCUT2D eigenvalue weighted by Crippen LogP contribution is 2.34. The second kappa shape index (κ2) is 11.9. The monoisotopic (exact) mass is 420 g/mol. The molecule has 2 fully saturated rings. The summed E-state index contributed by atoms with van der Waals surface area (Å²) in [5.41, 5.74) is 2.98. The highest BCUT2D eigenvalue weighted by atomic mass is 16.1. The van der Waals surface area contributed by atoms with Crippen LogP contribution < -0.4 is 4.90 Å². The van der Waals surface area contributed by atoms with Crippen LogP contribution in [0, 0.1) is 41.4 Å². The Hall–Kier alpha value is -2.37. The zero-order valence-corrected chi connectivity index (χ0v) is 19.0. The maximum absolute atomic E-state index is 11.5. The number of Topliss-reactive ketones (excluding diaryl/α,β-unsaturated/α-hetero) is 1. The second-order valence-electron chi connectivity index (χ2n) is 9.35.